The lowest BCUT2D eigenvalue weighted by Crippen LogP contribution is -2.49. The average Bonchev–Trinajstić information content (AvgIpc) is 2.84. The van der Waals surface area contributed by atoms with Crippen LogP contribution in [0.3, 0.4) is 0 Å². The quantitative estimate of drug-likeness (QED) is 0.0840. The molecule has 0 bridgehead atoms. The van der Waals surface area contributed by atoms with E-state index < -0.39 is 98.4 Å². The summed E-state index contributed by atoms with van der Waals surface area (Å²) in [6.07, 6.45) is -0.645. The standard InChI is InChI=1S/C18H29N9O10/c19-2-11(29)21-3-12(30)22-4-13(31)23-5-14(32)24-6-15(33)25-7-16(34)26-8-17(35)27-9(18(36)37)1-10(20)28/h9H,1-8,19H2,(H2,20,28)(H,21,29)(H,22,30)(H,23,31)(H,24,32)(H,25,33)(H,26,34)(H,27,35)(H,36,37)/t9-/m0/s1. The fraction of sp³-hybridized carbons (Fsp3) is 0.500. The number of nitrogens with two attached hydrogens (primary N) is 2. The lowest BCUT2D eigenvalue weighted by molar-refractivity contribution is -0.143. The Morgan fingerprint density at radius 1 is 0.541 bits per heavy atom. The number of amides is 8. The van der Waals surface area contributed by atoms with Crippen LogP contribution in [0.15, 0.2) is 0 Å². The third-order valence-corrected chi connectivity index (χ3v) is 3.90. The van der Waals surface area contributed by atoms with Gasteiger partial charge in [0, 0.05) is 0 Å². The second-order valence-corrected chi connectivity index (χ2v) is 6.99. The van der Waals surface area contributed by atoms with E-state index in [1.807, 2.05) is 5.32 Å². The normalized spacial score (nSPS) is 10.6. The Labute approximate surface area is 209 Å². The van der Waals surface area contributed by atoms with E-state index in [1.165, 1.54) is 0 Å². The van der Waals surface area contributed by atoms with E-state index >= 15 is 0 Å². The number of primary amides is 1. The van der Waals surface area contributed by atoms with Crippen LogP contribution in [0.5, 0.6) is 0 Å². The first kappa shape index (κ1) is 32.2. The van der Waals surface area contributed by atoms with Gasteiger partial charge in [-0.15, -0.1) is 0 Å². The summed E-state index contributed by atoms with van der Waals surface area (Å²) in [4.78, 5) is 102. The number of carbonyl (C=O) groups is 9. The summed E-state index contributed by atoms with van der Waals surface area (Å²) in [6, 6.07) is -1.57. The van der Waals surface area contributed by atoms with E-state index in [9.17, 15) is 43.2 Å². The molecule has 37 heavy (non-hydrogen) atoms. The zero-order valence-electron chi connectivity index (χ0n) is 19.5. The molecule has 0 saturated heterocycles. The first-order chi connectivity index (χ1) is 17.3. The number of nitrogens with one attached hydrogen (secondary N) is 7. The molecule has 0 heterocycles. The highest BCUT2D eigenvalue weighted by Crippen LogP contribution is 1.91. The van der Waals surface area contributed by atoms with Crippen LogP contribution in [0.25, 0.3) is 0 Å². The van der Waals surface area contributed by atoms with Gasteiger partial charge in [-0.05, 0) is 0 Å². The summed E-state index contributed by atoms with van der Waals surface area (Å²) in [6.45, 7) is -3.44. The van der Waals surface area contributed by atoms with Crippen molar-refractivity contribution in [1.82, 2.24) is 37.2 Å². The van der Waals surface area contributed by atoms with Gasteiger partial charge in [-0.1, -0.05) is 0 Å². The first-order valence-corrected chi connectivity index (χ1v) is 10.4. The predicted octanol–water partition coefficient (Wildman–Crippen LogP) is -7.91. The molecule has 0 aromatic carbocycles. The van der Waals surface area contributed by atoms with Crippen molar-refractivity contribution < 1.29 is 48.3 Å². The van der Waals surface area contributed by atoms with Crippen LogP contribution >= 0.6 is 0 Å². The topological polar surface area (TPSA) is 310 Å². The monoisotopic (exact) mass is 531 g/mol. The zero-order valence-corrected chi connectivity index (χ0v) is 19.5. The highest BCUT2D eigenvalue weighted by Gasteiger charge is 2.22. The Balaban J connectivity index is 4.06. The van der Waals surface area contributed by atoms with Gasteiger partial charge in [-0.3, -0.25) is 38.4 Å². The van der Waals surface area contributed by atoms with E-state index in [0.717, 1.165) is 0 Å². The highest BCUT2D eigenvalue weighted by atomic mass is 16.4. The van der Waals surface area contributed by atoms with Gasteiger partial charge in [0.1, 0.15) is 6.04 Å². The van der Waals surface area contributed by atoms with Gasteiger partial charge in [-0.2, -0.15) is 0 Å². The summed E-state index contributed by atoms with van der Waals surface area (Å²) in [5, 5.41) is 23.8. The number of rotatable bonds is 17. The molecule has 19 heteroatoms. The van der Waals surface area contributed by atoms with Crippen molar-refractivity contribution in [2.45, 2.75) is 12.5 Å². The number of carboxylic acid groups (broad SMARTS) is 1. The van der Waals surface area contributed by atoms with Crippen LogP contribution in [0.1, 0.15) is 6.42 Å². The number of carbonyl (C=O) groups excluding carboxylic acids is 8. The molecule has 19 nitrogen and oxygen atoms in total. The molecule has 0 fully saturated rings. The maximum atomic E-state index is 11.7. The zero-order chi connectivity index (χ0) is 28.4. The smallest absolute Gasteiger partial charge is 0.326 e. The molecule has 0 rings (SSSR count). The molecule has 0 saturated carbocycles. The number of hydrogen-bond donors (Lipinski definition) is 10. The Kier molecular flexibility index (Phi) is 15.3. The first-order valence-electron chi connectivity index (χ1n) is 10.4. The molecular formula is C18H29N9O10. The largest absolute Gasteiger partial charge is 0.480 e. The van der Waals surface area contributed by atoms with Crippen molar-refractivity contribution in [2.75, 3.05) is 45.8 Å². The SMILES string of the molecule is NCC(=O)NCC(=O)NCC(=O)NCC(=O)NCC(=O)NCC(=O)NCC(=O)N[C@@H](CC(N)=O)C(=O)O. The molecule has 0 aliphatic heterocycles. The molecule has 0 radical (unpaired) electrons. The molecule has 1 atom stereocenters. The molecule has 0 aromatic rings. The molecule has 0 spiro atoms. The van der Waals surface area contributed by atoms with Gasteiger partial charge in [0.25, 0.3) is 0 Å². The number of aliphatic carboxylic acids is 1. The predicted molar refractivity (Wildman–Crippen MR) is 120 cm³/mol. The molecule has 8 amide bonds. The Morgan fingerprint density at radius 3 is 1.11 bits per heavy atom. The summed E-state index contributed by atoms with van der Waals surface area (Å²) >= 11 is 0. The van der Waals surface area contributed by atoms with Crippen molar-refractivity contribution in [2.24, 2.45) is 11.5 Å². The van der Waals surface area contributed by atoms with Gasteiger partial charge < -0.3 is 53.8 Å². The lowest BCUT2D eigenvalue weighted by atomic mass is 10.2. The second kappa shape index (κ2) is 17.6. The van der Waals surface area contributed by atoms with Crippen molar-refractivity contribution in [3.8, 4) is 0 Å². The van der Waals surface area contributed by atoms with Gasteiger partial charge >= 0.3 is 5.97 Å². The minimum atomic E-state index is -1.57. The van der Waals surface area contributed by atoms with Gasteiger partial charge in [0.05, 0.1) is 52.2 Å². The molecule has 206 valence electrons. The Morgan fingerprint density at radius 2 is 0.838 bits per heavy atom. The van der Waals surface area contributed by atoms with E-state index in [0.29, 0.717) is 0 Å². The average molecular weight is 531 g/mol. The number of carboxylic acids is 1. The summed E-state index contributed by atoms with van der Waals surface area (Å²) in [5.41, 5.74) is 9.93. The maximum Gasteiger partial charge on any atom is 0.326 e. The van der Waals surface area contributed by atoms with Crippen LogP contribution in [-0.4, -0.2) is 110 Å². The molecule has 12 N–H and O–H groups in total. The third kappa shape index (κ3) is 17.3. The van der Waals surface area contributed by atoms with Crippen molar-refractivity contribution in [3.05, 3.63) is 0 Å². The fourth-order valence-corrected chi connectivity index (χ4v) is 2.10. The van der Waals surface area contributed by atoms with Gasteiger partial charge in [-0.25, -0.2) is 4.79 Å². The molecule has 0 aliphatic carbocycles. The van der Waals surface area contributed by atoms with Crippen molar-refractivity contribution in [1.29, 1.82) is 0 Å². The van der Waals surface area contributed by atoms with E-state index in [-0.39, 0.29) is 13.1 Å². The molecule has 0 unspecified atom stereocenters. The Hall–Kier alpha value is -4.81. The summed E-state index contributed by atoms with van der Waals surface area (Å²) in [5.74, 6) is -7.65. The summed E-state index contributed by atoms with van der Waals surface area (Å²) < 4.78 is 0. The highest BCUT2D eigenvalue weighted by molar-refractivity contribution is 5.93. The van der Waals surface area contributed by atoms with Crippen LogP contribution < -0.4 is 48.7 Å². The molecule has 0 aromatic heterocycles. The van der Waals surface area contributed by atoms with Crippen LogP contribution in [-0.2, 0) is 43.2 Å². The fourth-order valence-electron chi connectivity index (χ4n) is 2.10. The van der Waals surface area contributed by atoms with E-state index in [1.54, 1.807) is 0 Å². The van der Waals surface area contributed by atoms with Crippen LogP contribution in [0, 0.1) is 0 Å². The second-order valence-electron chi connectivity index (χ2n) is 6.99. The third-order valence-electron chi connectivity index (χ3n) is 3.90. The molecule has 0 aliphatic rings. The number of hydrogen-bond acceptors (Lipinski definition) is 10. The van der Waals surface area contributed by atoms with E-state index in [2.05, 4.69) is 31.9 Å². The van der Waals surface area contributed by atoms with Crippen LogP contribution in [0.2, 0.25) is 0 Å². The van der Waals surface area contributed by atoms with E-state index in [4.69, 9.17) is 16.6 Å². The Bertz CT molecular complexity index is 908. The lowest BCUT2D eigenvalue weighted by Gasteiger charge is -2.13. The van der Waals surface area contributed by atoms with Crippen LogP contribution in [0.4, 0.5) is 0 Å². The van der Waals surface area contributed by atoms with Gasteiger partial charge in [0.2, 0.25) is 47.3 Å². The maximum absolute atomic E-state index is 11.7. The molecular weight excluding hydrogens is 502 g/mol. The minimum Gasteiger partial charge on any atom is -0.480 e. The van der Waals surface area contributed by atoms with Crippen molar-refractivity contribution >= 4 is 53.2 Å². The minimum absolute atomic E-state index is 0.301. The van der Waals surface area contributed by atoms with Gasteiger partial charge in [0.15, 0.2) is 0 Å². The van der Waals surface area contributed by atoms with Crippen molar-refractivity contribution in [3.63, 3.8) is 0 Å². The summed E-state index contributed by atoms with van der Waals surface area (Å²) in [7, 11) is 0.